The summed E-state index contributed by atoms with van der Waals surface area (Å²) >= 11 is 0. The molecule has 0 saturated carbocycles. The minimum absolute atomic E-state index is 0.166. The third-order valence-corrected chi connectivity index (χ3v) is 4.73. The fraction of sp³-hybridized carbons (Fsp3) is 0.250. The molecule has 0 fully saturated rings. The lowest BCUT2D eigenvalue weighted by Crippen LogP contribution is -2.21. The van der Waals surface area contributed by atoms with E-state index in [2.05, 4.69) is 10.3 Å². The van der Waals surface area contributed by atoms with Crippen LogP contribution in [0.1, 0.15) is 34.0 Å². The van der Waals surface area contributed by atoms with E-state index in [4.69, 9.17) is 0 Å². The molecule has 0 atom stereocenters. The Labute approximate surface area is 141 Å². The van der Waals surface area contributed by atoms with E-state index >= 15 is 0 Å². The maximum Gasteiger partial charge on any atom is 0.251 e. The average molecular weight is 322 g/mol. The van der Waals surface area contributed by atoms with Crippen molar-refractivity contribution in [2.45, 2.75) is 27.2 Å². The van der Waals surface area contributed by atoms with Crippen molar-refractivity contribution < 1.29 is 9.90 Å². The van der Waals surface area contributed by atoms with Crippen molar-refractivity contribution in [2.24, 2.45) is 0 Å². The molecule has 0 bridgehead atoms. The van der Waals surface area contributed by atoms with Gasteiger partial charge in [0.05, 0.1) is 0 Å². The number of phenols is 1. The Morgan fingerprint density at radius 3 is 2.58 bits per heavy atom. The third kappa shape index (κ3) is 2.26. The van der Waals surface area contributed by atoms with Crippen LogP contribution < -0.4 is 5.32 Å². The van der Waals surface area contributed by atoms with Gasteiger partial charge in [-0.2, -0.15) is 0 Å². The number of para-hydroxylation sites is 1. The molecule has 0 unspecified atom stereocenters. The first-order chi connectivity index (χ1) is 11.5. The van der Waals surface area contributed by atoms with E-state index in [1.54, 1.807) is 7.05 Å². The highest BCUT2D eigenvalue weighted by Gasteiger charge is 2.24. The highest BCUT2D eigenvalue weighted by molar-refractivity contribution is 6.03. The number of aromatic amines is 1. The molecule has 1 aromatic heterocycles. The lowest BCUT2D eigenvalue weighted by molar-refractivity contribution is 0.0961. The van der Waals surface area contributed by atoms with E-state index in [9.17, 15) is 9.90 Å². The molecule has 2 aromatic carbocycles. The van der Waals surface area contributed by atoms with E-state index < -0.39 is 0 Å². The van der Waals surface area contributed by atoms with Crippen LogP contribution in [-0.2, 0) is 6.42 Å². The summed E-state index contributed by atoms with van der Waals surface area (Å²) in [4.78, 5) is 15.7. The van der Waals surface area contributed by atoms with Crippen LogP contribution in [0, 0.1) is 13.8 Å². The molecular formula is C20H22N2O2. The summed E-state index contributed by atoms with van der Waals surface area (Å²) < 4.78 is 0. The SMILES string of the molecule is CCc1c(O)c(C)c(-c2c[nH]c3ccccc23)c(C)c1C(=O)NC. The van der Waals surface area contributed by atoms with E-state index in [-0.39, 0.29) is 11.7 Å². The highest BCUT2D eigenvalue weighted by Crippen LogP contribution is 2.41. The molecule has 3 aromatic rings. The van der Waals surface area contributed by atoms with Gasteiger partial charge in [-0.1, -0.05) is 25.1 Å². The van der Waals surface area contributed by atoms with Gasteiger partial charge in [-0.3, -0.25) is 4.79 Å². The van der Waals surface area contributed by atoms with Gasteiger partial charge in [-0.05, 0) is 43.0 Å². The summed E-state index contributed by atoms with van der Waals surface area (Å²) in [5, 5.41) is 14.5. The molecule has 0 aliphatic carbocycles. The lowest BCUT2D eigenvalue weighted by Gasteiger charge is -2.19. The Kier molecular flexibility index (Phi) is 4.06. The molecule has 0 saturated heterocycles. The second-order valence-electron chi connectivity index (χ2n) is 6.01. The van der Waals surface area contributed by atoms with Gasteiger partial charge >= 0.3 is 0 Å². The molecule has 4 heteroatoms. The number of rotatable bonds is 3. The normalized spacial score (nSPS) is 11.0. The molecule has 124 valence electrons. The van der Waals surface area contributed by atoms with Crippen molar-refractivity contribution in [1.29, 1.82) is 0 Å². The summed E-state index contributed by atoms with van der Waals surface area (Å²) in [6.45, 7) is 5.81. The van der Waals surface area contributed by atoms with Gasteiger partial charge in [-0.25, -0.2) is 0 Å². The third-order valence-electron chi connectivity index (χ3n) is 4.73. The van der Waals surface area contributed by atoms with E-state index in [1.807, 2.05) is 51.2 Å². The maximum absolute atomic E-state index is 12.4. The Bertz CT molecular complexity index is 938. The minimum atomic E-state index is -0.166. The van der Waals surface area contributed by atoms with Crippen LogP contribution in [-0.4, -0.2) is 23.0 Å². The van der Waals surface area contributed by atoms with Gasteiger partial charge in [0.15, 0.2) is 0 Å². The Balaban J connectivity index is 2.41. The lowest BCUT2D eigenvalue weighted by atomic mass is 9.86. The maximum atomic E-state index is 12.4. The molecule has 0 aliphatic rings. The summed E-state index contributed by atoms with van der Waals surface area (Å²) in [7, 11) is 1.61. The number of aromatic nitrogens is 1. The van der Waals surface area contributed by atoms with Crippen molar-refractivity contribution in [1.82, 2.24) is 10.3 Å². The molecule has 0 aliphatic heterocycles. The molecule has 3 N–H and O–H groups in total. The zero-order valence-electron chi connectivity index (χ0n) is 14.4. The molecule has 1 heterocycles. The number of fused-ring (bicyclic) bond motifs is 1. The molecule has 0 radical (unpaired) electrons. The van der Waals surface area contributed by atoms with Crippen molar-refractivity contribution in [2.75, 3.05) is 7.05 Å². The first-order valence-electron chi connectivity index (χ1n) is 8.14. The standard InChI is InChI=1S/C20H22N2O2/c1-5-13-18(20(24)21-4)11(2)17(12(3)19(13)23)15-10-22-16-9-7-6-8-14(15)16/h6-10,22-23H,5H2,1-4H3,(H,21,24). The average Bonchev–Trinajstić information content (AvgIpc) is 3.01. The predicted octanol–water partition coefficient (Wildman–Crippen LogP) is 4.08. The van der Waals surface area contributed by atoms with Gasteiger partial charge in [0.1, 0.15) is 5.75 Å². The fourth-order valence-electron chi connectivity index (χ4n) is 3.55. The van der Waals surface area contributed by atoms with Crippen LogP contribution in [0.25, 0.3) is 22.0 Å². The fourth-order valence-corrected chi connectivity index (χ4v) is 3.55. The van der Waals surface area contributed by atoms with E-state index in [0.717, 1.165) is 33.2 Å². The molecule has 24 heavy (non-hydrogen) atoms. The van der Waals surface area contributed by atoms with Crippen LogP contribution in [0.3, 0.4) is 0 Å². The number of carbonyl (C=O) groups excluding carboxylic acids is 1. The van der Waals surface area contributed by atoms with Crippen LogP contribution in [0.15, 0.2) is 30.5 Å². The zero-order chi connectivity index (χ0) is 17.4. The first kappa shape index (κ1) is 16.1. The number of aromatic hydroxyl groups is 1. The summed E-state index contributed by atoms with van der Waals surface area (Å²) in [5.41, 5.74) is 5.93. The summed E-state index contributed by atoms with van der Waals surface area (Å²) in [6, 6.07) is 8.04. The molecule has 3 rings (SSSR count). The Hall–Kier alpha value is -2.75. The number of H-pyrrole nitrogens is 1. The second-order valence-corrected chi connectivity index (χ2v) is 6.01. The number of carbonyl (C=O) groups is 1. The Morgan fingerprint density at radius 2 is 1.92 bits per heavy atom. The van der Waals surface area contributed by atoms with E-state index in [0.29, 0.717) is 17.5 Å². The number of amides is 1. The van der Waals surface area contributed by atoms with Crippen LogP contribution in [0.5, 0.6) is 5.75 Å². The molecular weight excluding hydrogens is 300 g/mol. The molecule has 4 nitrogen and oxygen atoms in total. The number of benzene rings is 2. The van der Waals surface area contributed by atoms with Crippen LogP contribution >= 0.6 is 0 Å². The second kappa shape index (κ2) is 6.04. The summed E-state index contributed by atoms with van der Waals surface area (Å²) in [5.74, 6) is 0.0442. The number of hydrogen-bond acceptors (Lipinski definition) is 2. The first-order valence-corrected chi connectivity index (χ1v) is 8.14. The highest BCUT2D eigenvalue weighted by atomic mass is 16.3. The van der Waals surface area contributed by atoms with Crippen molar-refractivity contribution in [3.63, 3.8) is 0 Å². The van der Waals surface area contributed by atoms with Gasteiger partial charge in [-0.15, -0.1) is 0 Å². The predicted molar refractivity (Wildman–Crippen MR) is 97.6 cm³/mol. The monoisotopic (exact) mass is 322 g/mol. The number of phenolic OH excluding ortho intramolecular Hbond substituents is 1. The molecule has 1 amide bonds. The van der Waals surface area contributed by atoms with Crippen LogP contribution in [0.4, 0.5) is 0 Å². The summed E-state index contributed by atoms with van der Waals surface area (Å²) in [6.07, 6.45) is 2.54. The topological polar surface area (TPSA) is 65.1 Å². The van der Waals surface area contributed by atoms with Crippen molar-refractivity contribution >= 4 is 16.8 Å². The van der Waals surface area contributed by atoms with E-state index in [1.165, 1.54) is 0 Å². The van der Waals surface area contributed by atoms with Gasteiger partial charge in [0, 0.05) is 40.8 Å². The van der Waals surface area contributed by atoms with Crippen molar-refractivity contribution in [3.05, 3.63) is 52.7 Å². The number of hydrogen-bond donors (Lipinski definition) is 3. The quantitative estimate of drug-likeness (QED) is 0.680. The smallest absolute Gasteiger partial charge is 0.251 e. The zero-order valence-corrected chi connectivity index (χ0v) is 14.4. The van der Waals surface area contributed by atoms with Gasteiger partial charge in [0.25, 0.3) is 5.91 Å². The van der Waals surface area contributed by atoms with Gasteiger partial charge in [0.2, 0.25) is 0 Å². The van der Waals surface area contributed by atoms with Gasteiger partial charge < -0.3 is 15.4 Å². The van der Waals surface area contributed by atoms with Crippen LogP contribution in [0.2, 0.25) is 0 Å². The van der Waals surface area contributed by atoms with Crippen molar-refractivity contribution in [3.8, 4) is 16.9 Å². The number of nitrogens with one attached hydrogen (secondary N) is 2. The minimum Gasteiger partial charge on any atom is -0.507 e. The Morgan fingerprint density at radius 1 is 1.21 bits per heavy atom. The largest absolute Gasteiger partial charge is 0.507 e. The molecule has 0 spiro atoms.